The number of nitrogens with zero attached hydrogens (tertiary/aromatic N) is 5. The summed E-state index contributed by atoms with van der Waals surface area (Å²) >= 11 is 0. The van der Waals surface area contributed by atoms with Gasteiger partial charge in [0.1, 0.15) is 11.3 Å². The summed E-state index contributed by atoms with van der Waals surface area (Å²) in [4.78, 5) is 16.5. The third kappa shape index (κ3) is 3.11. The molecule has 1 aliphatic carbocycles. The van der Waals surface area contributed by atoms with Crippen LogP contribution in [0.3, 0.4) is 0 Å². The van der Waals surface area contributed by atoms with Crippen LogP contribution in [0.1, 0.15) is 56.7 Å². The summed E-state index contributed by atoms with van der Waals surface area (Å²) in [6, 6.07) is 0. The van der Waals surface area contributed by atoms with Gasteiger partial charge in [0.25, 0.3) is 0 Å². The maximum atomic E-state index is 5.42. The number of aryl methyl sites for hydroxylation is 1. The molecule has 0 radical (unpaired) electrons. The van der Waals surface area contributed by atoms with Crippen molar-refractivity contribution in [1.29, 1.82) is 0 Å². The van der Waals surface area contributed by atoms with Gasteiger partial charge in [0.15, 0.2) is 5.65 Å². The van der Waals surface area contributed by atoms with Crippen molar-refractivity contribution in [3.63, 3.8) is 0 Å². The molecule has 1 saturated heterocycles. The van der Waals surface area contributed by atoms with E-state index in [0.29, 0.717) is 5.92 Å². The van der Waals surface area contributed by atoms with Gasteiger partial charge in [-0.25, -0.2) is 9.97 Å². The standard InChI is InChI=1S/C18H27N5O/c1-22-16(14-7-5-3-2-4-6-8-14)20-15-13-19-18(21-17(15)22)23-9-11-24-12-10-23/h13-14H,2-12H2,1H3. The summed E-state index contributed by atoms with van der Waals surface area (Å²) in [6.07, 6.45) is 11.1. The number of rotatable bonds is 2. The Morgan fingerprint density at radius 2 is 1.71 bits per heavy atom. The SMILES string of the molecule is Cn1c(C2CCCCCCC2)nc2cnc(N3CCOCC3)nc21. The van der Waals surface area contributed by atoms with Gasteiger partial charge in [-0.15, -0.1) is 0 Å². The van der Waals surface area contributed by atoms with E-state index in [0.717, 1.165) is 43.4 Å². The van der Waals surface area contributed by atoms with Crippen molar-refractivity contribution in [2.45, 2.75) is 50.9 Å². The van der Waals surface area contributed by atoms with Crippen LogP contribution in [0.5, 0.6) is 0 Å². The Balaban J connectivity index is 1.63. The van der Waals surface area contributed by atoms with E-state index in [-0.39, 0.29) is 0 Å². The third-order valence-corrected chi connectivity index (χ3v) is 5.40. The zero-order chi connectivity index (χ0) is 16.4. The van der Waals surface area contributed by atoms with Gasteiger partial charge in [-0.05, 0) is 12.8 Å². The predicted octanol–water partition coefficient (Wildman–Crippen LogP) is 3.03. The van der Waals surface area contributed by atoms with E-state index in [1.165, 1.54) is 50.8 Å². The predicted molar refractivity (Wildman–Crippen MR) is 94.4 cm³/mol. The summed E-state index contributed by atoms with van der Waals surface area (Å²) in [5.41, 5.74) is 1.88. The first-order valence-electron chi connectivity index (χ1n) is 9.35. The van der Waals surface area contributed by atoms with Crippen molar-refractivity contribution >= 4 is 17.1 Å². The van der Waals surface area contributed by atoms with Gasteiger partial charge in [-0.1, -0.05) is 32.1 Å². The molecule has 0 spiro atoms. The molecule has 24 heavy (non-hydrogen) atoms. The number of anilines is 1. The molecule has 0 N–H and O–H groups in total. The maximum Gasteiger partial charge on any atom is 0.227 e. The van der Waals surface area contributed by atoms with E-state index in [1.54, 1.807) is 0 Å². The fourth-order valence-corrected chi connectivity index (χ4v) is 3.99. The zero-order valence-corrected chi connectivity index (χ0v) is 14.6. The fourth-order valence-electron chi connectivity index (χ4n) is 3.99. The zero-order valence-electron chi connectivity index (χ0n) is 14.6. The molecule has 2 aromatic heterocycles. The minimum Gasteiger partial charge on any atom is -0.378 e. The second kappa shape index (κ2) is 7.05. The minimum absolute atomic E-state index is 0.566. The fraction of sp³-hybridized carbons (Fsp3) is 0.722. The monoisotopic (exact) mass is 329 g/mol. The molecule has 130 valence electrons. The van der Waals surface area contributed by atoms with E-state index in [4.69, 9.17) is 14.7 Å². The quantitative estimate of drug-likeness (QED) is 0.847. The van der Waals surface area contributed by atoms with Gasteiger partial charge < -0.3 is 14.2 Å². The van der Waals surface area contributed by atoms with Crippen LogP contribution in [0.4, 0.5) is 5.95 Å². The molecule has 6 nitrogen and oxygen atoms in total. The van der Waals surface area contributed by atoms with Gasteiger partial charge in [-0.2, -0.15) is 4.98 Å². The van der Waals surface area contributed by atoms with Crippen LogP contribution in [-0.2, 0) is 11.8 Å². The number of imidazole rings is 1. The highest BCUT2D eigenvalue weighted by molar-refractivity contribution is 5.72. The molecule has 1 aliphatic heterocycles. The van der Waals surface area contributed by atoms with Crippen molar-refractivity contribution in [2.75, 3.05) is 31.2 Å². The molecule has 2 aliphatic rings. The molecule has 0 amide bonds. The van der Waals surface area contributed by atoms with Crippen LogP contribution in [0.25, 0.3) is 11.2 Å². The second-order valence-electron chi connectivity index (χ2n) is 7.05. The van der Waals surface area contributed by atoms with Crippen LogP contribution in [0.2, 0.25) is 0 Å². The number of hydrogen-bond acceptors (Lipinski definition) is 5. The average Bonchev–Trinajstić information content (AvgIpc) is 2.92. The molecular formula is C18H27N5O. The Labute approximate surface area is 143 Å². The minimum atomic E-state index is 0.566. The van der Waals surface area contributed by atoms with Gasteiger partial charge in [0.2, 0.25) is 5.95 Å². The number of aromatic nitrogens is 4. The highest BCUT2D eigenvalue weighted by atomic mass is 16.5. The van der Waals surface area contributed by atoms with Crippen LogP contribution in [0.15, 0.2) is 6.20 Å². The lowest BCUT2D eigenvalue weighted by molar-refractivity contribution is 0.122. The van der Waals surface area contributed by atoms with E-state index in [2.05, 4.69) is 21.5 Å². The molecule has 6 heteroatoms. The van der Waals surface area contributed by atoms with E-state index >= 15 is 0 Å². The number of ether oxygens (including phenoxy) is 1. The first-order chi connectivity index (χ1) is 11.8. The largest absolute Gasteiger partial charge is 0.378 e. The Hall–Kier alpha value is -1.69. The lowest BCUT2D eigenvalue weighted by atomic mass is 9.90. The summed E-state index contributed by atoms with van der Waals surface area (Å²) < 4.78 is 7.62. The molecule has 2 aromatic rings. The first kappa shape index (κ1) is 15.8. The van der Waals surface area contributed by atoms with Crippen LogP contribution in [0, 0.1) is 0 Å². The van der Waals surface area contributed by atoms with Gasteiger partial charge in [-0.3, -0.25) is 0 Å². The summed E-state index contributed by atoms with van der Waals surface area (Å²) in [5, 5.41) is 0. The Morgan fingerprint density at radius 1 is 1.00 bits per heavy atom. The molecular weight excluding hydrogens is 302 g/mol. The van der Waals surface area contributed by atoms with Gasteiger partial charge in [0, 0.05) is 26.1 Å². The van der Waals surface area contributed by atoms with Crippen LogP contribution >= 0.6 is 0 Å². The summed E-state index contributed by atoms with van der Waals surface area (Å²) in [7, 11) is 2.11. The van der Waals surface area contributed by atoms with Crippen LogP contribution in [-0.4, -0.2) is 45.8 Å². The third-order valence-electron chi connectivity index (χ3n) is 5.40. The van der Waals surface area contributed by atoms with E-state index in [1.807, 2.05) is 6.20 Å². The molecule has 0 bridgehead atoms. The second-order valence-corrected chi connectivity index (χ2v) is 7.05. The van der Waals surface area contributed by atoms with Crippen molar-refractivity contribution in [3.8, 4) is 0 Å². The van der Waals surface area contributed by atoms with E-state index in [9.17, 15) is 0 Å². The molecule has 2 fully saturated rings. The lowest BCUT2D eigenvalue weighted by Gasteiger charge is -2.26. The highest BCUT2D eigenvalue weighted by Crippen LogP contribution is 2.31. The van der Waals surface area contributed by atoms with Crippen LogP contribution < -0.4 is 4.90 Å². The Morgan fingerprint density at radius 3 is 2.46 bits per heavy atom. The maximum absolute atomic E-state index is 5.42. The lowest BCUT2D eigenvalue weighted by Crippen LogP contribution is -2.37. The van der Waals surface area contributed by atoms with Crippen molar-refractivity contribution < 1.29 is 4.74 Å². The van der Waals surface area contributed by atoms with E-state index < -0.39 is 0 Å². The normalized spacial score (nSPS) is 21.0. The molecule has 0 aromatic carbocycles. The van der Waals surface area contributed by atoms with Gasteiger partial charge in [0.05, 0.1) is 19.4 Å². The molecule has 3 heterocycles. The van der Waals surface area contributed by atoms with Crippen molar-refractivity contribution in [2.24, 2.45) is 7.05 Å². The highest BCUT2D eigenvalue weighted by Gasteiger charge is 2.22. The topological polar surface area (TPSA) is 56.1 Å². The first-order valence-corrected chi connectivity index (χ1v) is 9.35. The molecule has 1 saturated carbocycles. The van der Waals surface area contributed by atoms with Crippen molar-refractivity contribution in [1.82, 2.24) is 19.5 Å². The molecule has 4 rings (SSSR count). The Kier molecular flexibility index (Phi) is 4.65. The number of morpholine rings is 1. The number of fused-ring (bicyclic) bond motifs is 1. The molecule has 0 atom stereocenters. The summed E-state index contributed by atoms with van der Waals surface area (Å²) in [5.74, 6) is 2.56. The number of hydrogen-bond donors (Lipinski definition) is 0. The van der Waals surface area contributed by atoms with Crippen molar-refractivity contribution in [3.05, 3.63) is 12.0 Å². The summed E-state index contributed by atoms with van der Waals surface area (Å²) in [6.45, 7) is 3.22. The smallest absolute Gasteiger partial charge is 0.227 e. The average molecular weight is 329 g/mol. The van der Waals surface area contributed by atoms with Gasteiger partial charge >= 0.3 is 0 Å². The molecule has 0 unspecified atom stereocenters. The Bertz CT molecular complexity index is 684.